The summed E-state index contributed by atoms with van der Waals surface area (Å²) in [7, 11) is 0. The van der Waals surface area contributed by atoms with Crippen molar-refractivity contribution in [1.82, 2.24) is 9.97 Å². The van der Waals surface area contributed by atoms with Gasteiger partial charge in [0.05, 0.1) is 5.39 Å². The topological polar surface area (TPSA) is 63.8 Å². The smallest absolute Gasteiger partial charge is 0.143 e. The van der Waals surface area contributed by atoms with Gasteiger partial charge in [-0.25, -0.2) is 9.97 Å². The van der Waals surface area contributed by atoms with E-state index in [0.717, 1.165) is 43.6 Å². The number of benzene rings is 2. The number of fused-ring (bicyclic) bond motifs is 1. The molecule has 4 nitrogen and oxygen atoms in total. The number of aromatic nitrogens is 2. The maximum Gasteiger partial charge on any atom is 0.143 e. The molecule has 2 aromatic heterocycles. The molecule has 0 saturated heterocycles. The number of hydrogen-bond acceptors (Lipinski definition) is 5. The van der Waals surface area contributed by atoms with E-state index in [2.05, 4.69) is 20.7 Å². The van der Waals surface area contributed by atoms with E-state index in [1.54, 1.807) is 17.7 Å². The average Bonchev–Trinajstić information content (AvgIpc) is 3.03. The van der Waals surface area contributed by atoms with Crippen LogP contribution in [0.1, 0.15) is 0 Å². The zero-order valence-electron chi connectivity index (χ0n) is 12.5. The summed E-state index contributed by atoms with van der Waals surface area (Å²) in [5, 5.41) is 7.17. The third-order valence-electron chi connectivity index (χ3n) is 3.70. The second kappa shape index (κ2) is 6.11. The number of anilines is 3. The van der Waals surface area contributed by atoms with Gasteiger partial charge >= 0.3 is 0 Å². The van der Waals surface area contributed by atoms with Gasteiger partial charge in [-0.15, -0.1) is 11.3 Å². The monoisotopic (exact) mass is 352 g/mol. The van der Waals surface area contributed by atoms with Crippen LogP contribution in [-0.2, 0) is 0 Å². The van der Waals surface area contributed by atoms with Gasteiger partial charge in [-0.1, -0.05) is 23.7 Å². The SMILES string of the molecule is Nc1ccc(Nc2ncnc3scc(-c4ccc(Cl)cc4)c23)cc1. The van der Waals surface area contributed by atoms with Gasteiger partial charge in [-0.2, -0.15) is 0 Å². The predicted octanol–water partition coefficient (Wildman–Crippen LogP) is 5.34. The highest BCUT2D eigenvalue weighted by Crippen LogP contribution is 2.37. The Morgan fingerprint density at radius 1 is 0.958 bits per heavy atom. The van der Waals surface area contributed by atoms with Crippen LogP contribution in [-0.4, -0.2) is 9.97 Å². The maximum atomic E-state index is 6.00. The van der Waals surface area contributed by atoms with Crippen molar-refractivity contribution in [3.8, 4) is 11.1 Å². The summed E-state index contributed by atoms with van der Waals surface area (Å²) in [4.78, 5) is 9.75. The van der Waals surface area contributed by atoms with Crippen LogP contribution in [0.3, 0.4) is 0 Å². The predicted molar refractivity (Wildman–Crippen MR) is 102 cm³/mol. The Morgan fingerprint density at radius 2 is 1.71 bits per heavy atom. The molecule has 24 heavy (non-hydrogen) atoms. The quantitative estimate of drug-likeness (QED) is 0.488. The lowest BCUT2D eigenvalue weighted by molar-refractivity contribution is 1.23. The molecule has 0 atom stereocenters. The van der Waals surface area contributed by atoms with E-state index in [-0.39, 0.29) is 0 Å². The molecule has 0 aliphatic heterocycles. The van der Waals surface area contributed by atoms with Crippen molar-refractivity contribution in [2.24, 2.45) is 0 Å². The number of nitrogens with zero attached hydrogens (tertiary/aromatic N) is 2. The van der Waals surface area contributed by atoms with E-state index >= 15 is 0 Å². The number of nitrogens with two attached hydrogens (primary N) is 1. The lowest BCUT2D eigenvalue weighted by Crippen LogP contribution is -1.96. The summed E-state index contributed by atoms with van der Waals surface area (Å²) in [5.41, 5.74) is 9.57. The third-order valence-corrected chi connectivity index (χ3v) is 4.84. The molecular formula is C18H13ClN4S. The minimum absolute atomic E-state index is 0.717. The first-order chi connectivity index (χ1) is 11.7. The van der Waals surface area contributed by atoms with E-state index in [4.69, 9.17) is 17.3 Å². The van der Waals surface area contributed by atoms with E-state index in [9.17, 15) is 0 Å². The molecule has 0 unspecified atom stereocenters. The summed E-state index contributed by atoms with van der Waals surface area (Å²) in [6.45, 7) is 0. The van der Waals surface area contributed by atoms with Crippen molar-refractivity contribution in [1.29, 1.82) is 0 Å². The molecule has 2 heterocycles. The lowest BCUT2D eigenvalue weighted by Gasteiger charge is -2.09. The Labute approximate surface area is 147 Å². The number of hydrogen-bond donors (Lipinski definition) is 2. The van der Waals surface area contributed by atoms with Gasteiger partial charge in [0.25, 0.3) is 0 Å². The minimum Gasteiger partial charge on any atom is -0.399 e. The Kier molecular flexibility index (Phi) is 3.80. The summed E-state index contributed by atoms with van der Waals surface area (Å²) >= 11 is 7.59. The number of thiophene rings is 1. The molecule has 3 N–H and O–H groups in total. The van der Waals surface area contributed by atoms with Crippen molar-refractivity contribution < 1.29 is 0 Å². The standard InChI is InChI=1S/C18H13ClN4S/c19-12-3-1-11(2-4-12)15-9-24-18-16(15)17(21-10-22-18)23-14-7-5-13(20)6-8-14/h1-10H,20H2,(H,21,22,23). The first kappa shape index (κ1) is 14.9. The fourth-order valence-electron chi connectivity index (χ4n) is 2.51. The van der Waals surface area contributed by atoms with Crippen LogP contribution in [0.15, 0.2) is 60.2 Å². The largest absolute Gasteiger partial charge is 0.399 e. The average molecular weight is 353 g/mol. The summed E-state index contributed by atoms with van der Waals surface area (Å²) in [6, 6.07) is 15.3. The number of nitrogens with one attached hydrogen (secondary N) is 1. The van der Waals surface area contributed by atoms with Crippen LogP contribution in [0, 0.1) is 0 Å². The fraction of sp³-hybridized carbons (Fsp3) is 0. The number of halogens is 1. The van der Waals surface area contributed by atoms with Gasteiger partial charge in [-0.05, 0) is 42.0 Å². The van der Waals surface area contributed by atoms with Crippen LogP contribution in [0.4, 0.5) is 17.2 Å². The Bertz CT molecular complexity index is 994. The van der Waals surface area contributed by atoms with Crippen molar-refractivity contribution >= 4 is 50.3 Å². The number of nitrogen functional groups attached to an aromatic ring is 1. The molecule has 0 aliphatic carbocycles. The Hall–Kier alpha value is -2.63. The zero-order valence-corrected chi connectivity index (χ0v) is 14.1. The van der Waals surface area contributed by atoms with Crippen molar-refractivity contribution in [2.75, 3.05) is 11.1 Å². The summed E-state index contributed by atoms with van der Waals surface area (Å²) in [5.74, 6) is 0.774. The van der Waals surface area contributed by atoms with Crippen molar-refractivity contribution in [3.63, 3.8) is 0 Å². The van der Waals surface area contributed by atoms with Crippen LogP contribution in [0.25, 0.3) is 21.3 Å². The summed E-state index contributed by atoms with van der Waals surface area (Å²) in [6.07, 6.45) is 1.57. The molecule has 0 spiro atoms. The molecule has 4 rings (SSSR count). The molecule has 118 valence electrons. The van der Waals surface area contributed by atoms with E-state index in [1.807, 2.05) is 48.5 Å². The van der Waals surface area contributed by atoms with E-state index in [0.29, 0.717) is 0 Å². The van der Waals surface area contributed by atoms with Crippen LogP contribution >= 0.6 is 22.9 Å². The third kappa shape index (κ3) is 2.79. The first-order valence-electron chi connectivity index (χ1n) is 7.31. The highest BCUT2D eigenvalue weighted by Gasteiger charge is 2.13. The molecule has 0 radical (unpaired) electrons. The molecule has 0 saturated carbocycles. The Morgan fingerprint density at radius 3 is 2.46 bits per heavy atom. The number of rotatable bonds is 3. The van der Waals surface area contributed by atoms with Gasteiger partial charge in [0.1, 0.15) is 17.0 Å². The normalized spacial score (nSPS) is 10.9. The van der Waals surface area contributed by atoms with Gasteiger partial charge in [0.2, 0.25) is 0 Å². The van der Waals surface area contributed by atoms with Gasteiger partial charge < -0.3 is 11.1 Å². The molecule has 0 bridgehead atoms. The van der Waals surface area contributed by atoms with Crippen molar-refractivity contribution in [3.05, 3.63) is 65.3 Å². The first-order valence-corrected chi connectivity index (χ1v) is 8.57. The highest BCUT2D eigenvalue weighted by molar-refractivity contribution is 7.17. The fourth-order valence-corrected chi connectivity index (χ4v) is 3.56. The van der Waals surface area contributed by atoms with Crippen LogP contribution in [0.5, 0.6) is 0 Å². The lowest BCUT2D eigenvalue weighted by atomic mass is 10.1. The molecule has 2 aromatic carbocycles. The Balaban J connectivity index is 1.82. The summed E-state index contributed by atoms with van der Waals surface area (Å²) < 4.78 is 0. The second-order valence-corrected chi connectivity index (χ2v) is 6.60. The van der Waals surface area contributed by atoms with Gasteiger partial charge in [-0.3, -0.25) is 0 Å². The zero-order chi connectivity index (χ0) is 16.5. The molecule has 0 aliphatic rings. The second-order valence-electron chi connectivity index (χ2n) is 5.31. The molecule has 6 heteroatoms. The molecular weight excluding hydrogens is 340 g/mol. The minimum atomic E-state index is 0.717. The van der Waals surface area contributed by atoms with Crippen LogP contribution in [0.2, 0.25) is 5.02 Å². The van der Waals surface area contributed by atoms with Gasteiger partial charge in [0.15, 0.2) is 0 Å². The van der Waals surface area contributed by atoms with E-state index < -0.39 is 0 Å². The van der Waals surface area contributed by atoms with Crippen molar-refractivity contribution in [2.45, 2.75) is 0 Å². The highest BCUT2D eigenvalue weighted by atomic mass is 35.5. The van der Waals surface area contributed by atoms with Gasteiger partial charge in [0, 0.05) is 27.3 Å². The molecule has 4 aromatic rings. The molecule has 0 amide bonds. The molecule has 0 fully saturated rings. The van der Waals surface area contributed by atoms with E-state index in [1.165, 1.54) is 0 Å². The maximum absolute atomic E-state index is 6.00. The van der Waals surface area contributed by atoms with Crippen LogP contribution < -0.4 is 11.1 Å².